The molecular weight excluding hydrogens is 507 g/mol. The van der Waals surface area contributed by atoms with Crippen molar-refractivity contribution in [2.45, 2.75) is 36.4 Å². The zero-order valence-corrected chi connectivity index (χ0v) is 20.0. The predicted molar refractivity (Wildman–Crippen MR) is 122 cm³/mol. The number of hydrogen-bond donors (Lipinski definition) is 0. The molecule has 0 bridgehead atoms. The Labute approximate surface area is 204 Å². The van der Waals surface area contributed by atoms with Gasteiger partial charge < -0.3 is 9.80 Å². The van der Waals surface area contributed by atoms with E-state index in [2.05, 4.69) is 9.98 Å². The summed E-state index contributed by atoms with van der Waals surface area (Å²) in [6, 6.07) is 3.52. The van der Waals surface area contributed by atoms with Gasteiger partial charge in [0.1, 0.15) is 28.0 Å². The first-order chi connectivity index (χ1) is 16.8. The zero-order valence-electron chi connectivity index (χ0n) is 19.2. The number of pyridine rings is 1. The number of alkyl halides is 3. The normalized spacial score (nSPS) is 20.1. The van der Waals surface area contributed by atoms with E-state index < -0.39 is 49.7 Å². The minimum atomic E-state index is -4.45. The summed E-state index contributed by atoms with van der Waals surface area (Å²) in [6.45, 7) is 1.49. The Morgan fingerprint density at radius 3 is 2.33 bits per heavy atom. The maximum Gasteiger partial charge on any atom is 0.417 e. The molecule has 3 heterocycles. The van der Waals surface area contributed by atoms with Crippen LogP contribution in [0, 0.1) is 17.6 Å². The Kier molecular flexibility index (Phi) is 7.04. The van der Waals surface area contributed by atoms with Crippen LogP contribution in [0.25, 0.3) is 0 Å². The Bertz CT molecular complexity index is 1270. The van der Waals surface area contributed by atoms with Crippen molar-refractivity contribution < 1.29 is 35.2 Å². The number of sulfone groups is 1. The second kappa shape index (κ2) is 9.75. The third-order valence-corrected chi connectivity index (χ3v) is 7.49. The van der Waals surface area contributed by atoms with Gasteiger partial charge in [0.15, 0.2) is 9.84 Å². The molecular formula is C23H23F5N4O3S. The maximum absolute atomic E-state index is 14.3. The van der Waals surface area contributed by atoms with Crippen molar-refractivity contribution in [3.05, 3.63) is 47.7 Å². The number of carbonyl (C=O) groups is 1. The largest absolute Gasteiger partial charge is 0.417 e. The molecule has 0 N–H and O–H groups in total. The summed E-state index contributed by atoms with van der Waals surface area (Å²) in [6.07, 6.45) is 0.0170. The molecule has 2 aromatic rings. The second-order valence-corrected chi connectivity index (χ2v) is 10.8. The highest BCUT2D eigenvalue weighted by Crippen LogP contribution is 2.31. The van der Waals surface area contributed by atoms with Gasteiger partial charge in [0.2, 0.25) is 5.91 Å². The number of amides is 1. The number of piperidine rings is 1. The van der Waals surface area contributed by atoms with Gasteiger partial charge in [-0.25, -0.2) is 22.2 Å². The minimum absolute atomic E-state index is 0.0650. The van der Waals surface area contributed by atoms with Crippen LogP contribution >= 0.6 is 0 Å². The first kappa shape index (κ1) is 26.0. The molecule has 1 amide bonds. The molecule has 1 aromatic heterocycles. The fraction of sp³-hybridized carbons (Fsp3) is 0.435. The van der Waals surface area contributed by atoms with Crippen LogP contribution in [-0.2, 0) is 20.8 Å². The average molecular weight is 531 g/mol. The van der Waals surface area contributed by atoms with Crippen molar-refractivity contribution in [2.75, 3.05) is 30.8 Å². The van der Waals surface area contributed by atoms with E-state index in [1.807, 2.05) is 4.90 Å². The van der Waals surface area contributed by atoms with E-state index in [-0.39, 0.29) is 11.9 Å². The maximum atomic E-state index is 14.3. The summed E-state index contributed by atoms with van der Waals surface area (Å²) >= 11 is 0. The lowest BCUT2D eigenvalue weighted by molar-refractivity contribution is -0.137. The molecule has 1 aromatic carbocycles. The fourth-order valence-corrected chi connectivity index (χ4v) is 5.18. The summed E-state index contributed by atoms with van der Waals surface area (Å²) in [4.78, 5) is 23.5. The minimum Gasteiger partial charge on any atom is -0.356 e. The number of nitrogens with zero attached hydrogens (tertiary/aromatic N) is 4. The monoisotopic (exact) mass is 530 g/mol. The van der Waals surface area contributed by atoms with Crippen LogP contribution in [0.3, 0.4) is 0 Å². The standard InChI is InChI=1S/C23H23F5N4O3S/c1-36(34,35)20-11-17(24)19(10-18(20)25)29-12-14-4-9-32(22(14)33)16-5-7-31(8-6-16)21-3-2-15(13-30-21)23(26,27)28/h2-3,10-14,16H,4-9H2,1H3. The van der Waals surface area contributed by atoms with Crippen molar-refractivity contribution in [2.24, 2.45) is 10.9 Å². The highest BCUT2D eigenvalue weighted by atomic mass is 32.2. The van der Waals surface area contributed by atoms with E-state index in [1.165, 1.54) is 12.3 Å². The van der Waals surface area contributed by atoms with Crippen LogP contribution in [0.5, 0.6) is 0 Å². The summed E-state index contributed by atoms with van der Waals surface area (Å²) in [5, 5.41) is 0. The molecule has 7 nitrogen and oxygen atoms in total. The predicted octanol–water partition coefficient (Wildman–Crippen LogP) is 4.00. The fourth-order valence-electron chi connectivity index (χ4n) is 4.44. The van der Waals surface area contributed by atoms with Gasteiger partial charge in [-0.2, -0.15) is 13.2 Å². The smallest absolute Gasteiger partial charge is 0.356 e. The molecule has 0 saturated carbocycles. The second-order valence-electron chi connectivity index (χ2n) is 8.83. The number of aromatic nitrogens is 1. The Morgan fingerprint density at radius 1 is 1.06 bits per heavy atom. The van der Waals surface area contributed by atoms with Crippen molar-refractivity contribution in [1.82, 2.24) is 9.88 Å². The lowest BCUT2D eigenvalue weighted by Crippen LogP contribution is -2.46. The van der Waals surface area contributed by atoms with Gasteiger partial charge in [-0.05, 0) is 37.5 Å². The average Bonchev–Trinajstić information content (AvgIpc) is 3.18. The zero-order chi connectivity index (χ0) is 26.3. The molecule has 0 spiro atoms. The summed E-state index contributed by atoms with van der Waals surface area (Å²) in [5.41, 5.74) is -1.21. The van der Waals surface area contributed by atoms with E-state index >= 15 is 0 Å². The van der Waals surface area contributed by atoms with Crippen molar-refractivity contribution in [1.29, 1.82) is 0 Å². The number of anilines is 1. The Hall–Kier alpha value is -3.09. The van der Waals surface area contributed by atoms with Crippen LogP contribution < -0.4 is 4.90 Å². The van der Waals surface area contributed by atoms with Gasteiger partial charge in [-0.15, -0.1) is 0 Å². The lowest BCUT2D eigenvalue weighted by Gasteiger charge is -2.37. The quantitative estimate of drug-likeness (QED) is 0.431. The van der Waals surface area contributed by atoms with Crippen LogP contribution in [0.1, 0.15) is 24.8 Å². The van der Waals surface area contributed by atoms with Gasteiger partial charge in [-0.3, -0.25) is 9.79 Å². The molecule has 2 saturated heterocycles. The van der Waals surface area contributed by atoms with E-state index in [4.69, 9.17) is 0 Å². The molecule has 2 aliphatic rings. The number of carbonyl (C=O) groups excluding carboxylic acids is 1. The van der Waals surface area contributed by atoms with E-state index in [0.717, 1.165) is 18.5 Å². The number of hydrogen-bond acceptors (Lipinski definition) is 6. The first-order valence-corrected chi connectivity index (χ1v) is 13.1. The number of aliphatic imine (C=N–C) groups is 1. The molecule has 0 aliphatic carbocycles. The third kappa shape index (κ3) is 5.50. The molecule has 2 aliphatic heterocycles. The molecule has 1 unspecified atom stereocenters. The van der Waals surface area contributed by atoms with E-state index in [1.54, 1.807) is 4.90 Å². The lowest BCUT2D eigenvalue weighted by atomic mass is 10.0. The Morgan fingerprint density at radius 2 is 1.75 bits per heavy atom. The number of halogens is 5. The Balaban J connectivity index is 1.36. The van der Waals surface area contributed by atoms with Crippen LogP contribution in [0.2, 0.25) is 0 Å². The summed E-state index contributed by atoms with van der Waals surface area (Å²) in [5.74, 6) is -2.52. The van der Waals surface area contributed by atoms with Crippen molar-refractivity contribution >= 4 is 33.5 Å². The molecule has 13 heteroatoms. The van der Waals surface area contributed by atoms with Gasteiger partial charge in [0.05, 0.1) is 11.5 Å². The molecule has 0 radical (unpaired) electrons. The number of benzene rings is 1. The molecule has 1 atom stereocenters. The van der Waals surface area contributed by atoms with Crippen molar-refractivity contribution in [3.8, 4) is 0 Å². The van der Waals surface area contributed by atoms with Crippen molar-refractivity contribution in [3.63, 3.8) is 0 Å². The first-order valence-electron chi connectivity index (χ1n) is 11.2. The molecule has 194 valence electrons. The highest BCUT2D eigenvalue weighted by molar-refractivity contribution is 7.90. The van der Waals surface area contributed by atoms with Gasteiger partial charge in [-0.1, -0.05) is 0 Å². The SMILES string of the molecule is CS(=O)(=O)c1cc(F)c(N=CC2CCN(C3CCN(c4ccc(C(F)(F)F)cn4)CC3)C2=O)cc1F. The molecule has 4 rings (SSSR count). The van der Waals surface area contributed by atoms with E-state index in [9.17, 15) is 35.2 Å². The summed E-state index contributed by atoms with van der Waals surface area (Å²) in [7, 11) is -3.94. The van der Waals surface area contributed by atoms with Gasteiger partial charge >= 0.3 is 6.18 Å². The van der Waals surface area contributed by atoms with Crippen LogP contribution in [0.15, 0.2) is 40.4 Å². The molecule has 36 heavy (non-hydrogen) atoms. The number of likely N-dealkylation sites (tertiary alicyclic amines) is 1. The molecule has 2 fully saturated rings. The summed E-state index contributed by atoms with van der Waals surface area (Å²) < 4.78 is 89.6. The van der Waals surface area contributed by atoms with Gasteiger partial charge in [0, 0.05) is 50.4 Å². The number of rotatable bonds is 5. The van der Waals surface area contributed by atoms with Crippen LogP contribution in [0.4, 0.5) is 33.5 Å². The highest BCUT2D eigenvalue weighted by Gasteiger charge is 2.37. The topological polar surface area (TPSA) is 82.9 Å². The van der Waals surface area contributed by atoms with Crippen LogP contribution in [-0.4, -0.2) is 62.4 Å². The third-order valence-electron chi connectivity index (χ3n) is 6.38. The van der Waals surface area contributed by atoms with E-state index in [0.29, 0.717) is 56.8 Å². The van der Waals surface area contributed by atoms with Gasteiger partial charge in [0.25, 0.3) is 0 Å².